The molecule has 2 nitrogen and oxygen atoms in total. The lowest BCUT2D eigenvalue weighted by atomic mass is 9.88. The van der Waals surface area contributed by atoms with Crippen molar-refractivity contribution in [3.63, 3.8) is 0 Å². The van der Waals surface area contributed by atoms with E-state index in [0.717, 1.165) is 37.4 Å². The van der Waals surface area contributed by atoms with Gasteiger partial charge in [-0.3, -0.25) is 0 Å². The Morgan fingerprint density at radius 1 is 1.08 bits per heavy atom. The van der Waals surface area contributed by atoms with Crippen LogP contribution in [0, 0.1) is 19.3 Å². The molecular weight excluding hydrogens is 353 g/mol. The van der Waals surface area contributed by atoms with Crippen LogP contribution >= 0.6 is 23.2 Å². The molecule has 1 N–H and O–H groups in total. The Labute approximate surface area is 161 Å². The van der Waals surface area contributed by atoms with Gasteiger partial charge in [0.25, 0.3) is 0 Å². The van der Waals surface area contributed by atoms with Gasteiger partial charge in [0.2, 0.25) is 0 Å². The fourth-order valence-corrected chi connectivity index (χ4v) is 3.03. The van der Waals surface area contributed by atoms with Crippen LogP contribution in [0.4, 0.5) is 5.69 Å². The van der Waals surface area contributed by atoms with Gasteiger partial charge < -0.3 is 10.1 Å². The van der Waals surface area contributed by atoms with Gasteiger partial charge in [-0.25, -0.2) is 0 Å². The minimum atomic E-state index is 0.136. The van der Waals surface area contributed by atoms with E-state index >= 15 is 0 Å². The van der Waals surface area contributed by atoms with Crippen LogP contribution in [-0.4, -0.2) is 13.2 Å². The van der Waals surface area contributed by atoms with Gasteiger partial charge in [-0.2, -0.15) is 0 Å². The SMILES string of the molecule is Cc1ccc(C)c(OCCCC(C)(C)CNc2cccc(Cl)c2Cl)c1. The number of benzene rings is 2. The Morgan fingerprint density at radius 2 is 1.84 bits per heavy atom. The van der Waals surface area contributed by atoms with Crippen molar-refractivity contribution < 1.29 is 4.74 Å². The number of ether oxygens (including phenoxy) is 1. The summed E-state index contributed by atoms with van der Waals surface area (Å²) in [4.78, 5) is 0. The predicted molar refractivity (Wildman–Crippen MR) is 109 cm³/mol. The summed E-state index contributed by atoms with van der Waals surface area (Å²) in [6.45, 7) is 10.2. The highest BCUT2D eigenvalue weighted by molar-refractivity contribution is 6.43. The van der Waals surface area contributed by atoms with Crippen LogP contribution in [0.5, 0.6) is 5.75 Å². The molecule has 0 unspecified atom stereocenters. The van der Waals surface area contributed by atoms with Crippen molar-refractivity contribution in [2.24, 2.45) is 5.41 Å². The zero-order valence-corrected chi connectivity index (χ0v) is 17.0. The van der Waals surface area contributed by atoms with Crippen LogP contribution < -0.4 is 10.1 Å². The minimum Gasteiger partial charge on any atom is -0.493 e. The van der Waals surface area contributed by atoms with E-state index < -0.39 is 0 Å². The molecule has 136 valence electrons. The fraction of sp³-hybridized carbons (Fsp3) is 0.429. The standard InChI is InChI=1S/C21H27Cl2NO/c1-15-9-10-16(2)19(13-15)25-12-6-11-21(3,4)14-24-18-8-5-7-17(22)20(18)23/h5,7-10,13,24H,6,11-12,14H2,1-4H3. The number of anilines is 1. The van der Waals surface area contributed by atoms with Gasteiger partial charge in [-0.15, -0.1) is 0 Å². The summed E-state index contributed by atoms with van der Waals surface area (Å²) in [5.74, 6) is 0.988. The second-order valence-electron chi connectivity index (χ2n) is 7.34. The molecule has 4 heteroatoms. The maximum atomic E-state index is 6.23. The van der Waals surface area contributed by atoms with Crippen LogP contribution in [0.1, 0.15) is 37.8 Å². The van der Waals surface area contributed by atoms with Crippen molar-refractivity contribution in [2.45, 2.75) is 40.5 Å². The van der Waals surface area contributed by atoms with E-state index in [9.17, 15) is 0 Å². The summed E-state index contributed by atoms with van der Waals surface area (Å²) in [6.07, 6.45) is 2.06. The summed E-state index contributed by atoms with van der Waals surface area (Å²) in [5.41, 5.74) is 3.43. The second-order valence-corrected chi connectivity index (χ2v) is 8.13. The first-order valence-corrected chi connectivity index (χ1v) is 9.42. The quantitative estimate of drug-likeness (QED) is 0.503. The Balaban J connectivity index is 1.79. The third kappa shape index (κ3) is 6.13. The molecule has 0 aromatic heterocycles. The molecule has 0 fully saturated rings. The molecule has 25 heavy (non-hydrogen) atoms. The van der Waals surface area contributed by atoms with Crippen LogP contribution in [0.15, 0.2) is 36.4 Å². The highest BCUT2D eigenvalue weighted by Crippen LogP contribution is 2.31. The summed E-state index contributed by atoms with van der Waals surface area (Å²) in [6, 6.07) is 12.0. The van der Waals surface area contributed by atoms with Crippen LogP contribution in [0.2, 0.25) is 10.0 Å². The maximum absolute atomic E-state index is 6.23. The number of rotatable bonds is 8. The molecule has 0 bridgehead atoms. The van der Waals surface area contributed by atoms with Crippen LogP contribution in [0.3, 0.4) is 0 Å². The normalized spacial score (nSPS) is 11.4. The van der Waals surface area contributed by atoms with Gasteiger partial charge in [-0.1, -0.05) is 55.2 Å². The first kappa shape index (κ1) is 19.9. The zero-order valence-electron chi connectivity index (χ0n) is 15.5. The van der Waals surface area contributed by atoms with E-state index in [1.165, 1.54) is 11.1 Å². The van der Waals surface area contributed by atoms with E-state index in [-0.39, 0.29) is 5.41 Å². The number of aryl methyl sites for hydroxylation is 2. The lowest BCUT2D eigenvalue weighted by molar-refractivity contribution is 0.263. The molecule has 0 atom stereocenters. The van der Waals surface area contributed by atoms with Gasteiger partial charge in [0.15, 0.2) is 0 Å². The number of hydrogen-bond acceptors (Lipinski definition) is 2. The average molecular weight is 380 g/mol. The van der Waals surface area contributed by atoms with E-state index in [1.54, 1.807) is 6.07 Å². The average Bonchev–Trinajstić information content (AvgIpc) is 2.56. The lowest BCUT2D eigenvalue weighted by Crippen LogP contribution is -2.24. The fourth-order valence-electron chi connectivity index (χ4n) is 2.66. The summed E-state index contributed by atoms with van der Waals surface area (Å²) in [5, 5.41) is 4.57. The van der Waals surface area contributed by atoms with Gasteiger partial charge in [-0.05, 0) is 61.4 Å². The third-order valence-electron chi connectivity index (χ3n) is 4.31. The van der Waals surface area contributed by atoms with E-state index in [0.29, 0.717) is 10.0 Å². The molecule has 0 aliphatic rings. The molecular formula is C21H27Cl2NO. The largest absolute Gasteiger partial charge is 0.493 e. The van der Waals surface area contributed by atoms with Gasteiger partial charge >= 0.3 is 0 Å². The third-order valence-corrected chi connectivity index (χ3v) is 5.13. The van der Waals surface area contributed by atoms with Crippen LogP contribution in [-0.2, 0) is 0 Å². The summed E-state index contributed by atoms with van der Waals surface area (Å²) >= 11 is 12.3. The van der Waals surface area contributed by atoms with Gasteiger partial charge in [0.1, 0.15) is 5.75 Å². The highest BCUT2D eigenvalue weighted by atomic mass is 35.5. The Bertz CT molecular complexity index is 713. The maximum Gasteiger partial charge on any atom is 0.122 e. The molecule has 0 heterocycles. The van der Waals surface area contributed by atoms with Crippen molar-refractivity contribution in [2.75, 3.05) is 18.5 Å². The molecule has 2 aromatic rings. The van der Waals surface area contributed by atoms with Crippen molar-refractivity contribution in [3.8, 4) is 5.75 Å². The van der Waals surface area contributed by atoms with Crippen LogP contribution in [0.25, 0.3) is 0 Å². The molecule has 0 aliphatic carbocycles. The minimum absolute atomic E-state index is 0.136. The summed E-state index contributed by atoms with van der Waals surface area (Å²) < 4.78 is 5.95. The molecule has 2 rings (SSSR count). The molecule has 0 saturated heterocycles. The summed E-state index contributed by atoms with van der Waals surface area (Å²) in [7, 11) is 0. The molecule has 0 radical (unpaired) electrons. The first-order valence-electron chi connectivity index (χ1n) is 8.66. The molecule has 2 aromatic carbocycles. The zero-order chi connectivity index (χ0) is 18.4. The number of nitrogens with one attached hydrogen (secondary N) is 1. The number of halogens is 2. The Morgan fingerprint density at radius 3 is 2.60 bits per heavy atom. The molecule has 0 saturated carbocycles. The van der Waals surface area contributed by atoms with Crippen molar-refractivity contribution in [1.82, 2.24) is 0 Å². The molecule has 0 aliphatic heterocycles. The van der Waals surface area contributed by atoms with Crippen molar-refractivity contribution in [1.29, 1.82) is 0 Å². The predicted octanol–water partition coefficient (Wildman–Crippen LogP) is 6.91. The Kier molecular flexibility index (Phi) is 7.04. The van der Waals surface area contributed by atoms with E-state index in [2.05, 4.69) is 51.2 Å². The van der Waals surface area contributed by atoms with Gasteiger partial charge in [0, 0.05) is 6.54 Å². The van der Waals surface area contributed by atoms with Gasteiger partial charge in [0.05, 0.1) is 22.3 Å². The van der Waals surface area contributed by atoms with E-state index in [1.807, 2.05) is 12.1 Å². The second kappa shape index (κ2) is 8.82. The lowest BCUT2D eigenvalue weighted by Gasteiger charge is -2.26. The molecule has 0 amide bonds. The van der Waals surface area contributed by atoms with E-state index in [4.69, 9.17) is 27.9 Å². The first-order chi connectivity index (χ1) is 11.8. The molecule has 0 spiro atoms. The smallest absolute Gasteiger partial charge is 0.122 e. The highest BCUT2D eigenvalue weighted by Gasteiger charge is 2.18. The van der Waals surface area contributed by atoms with Crippen molar-refractivity contribution in [3.05, 3.63) is 57.6 Å². The Hall–Kier alpha value is -1.38. The monoisotopic (exact) mass is 379 g/mol. The van der Waals surface area contributed by atoms with Crippen molar-refractivity contribution >= 4 is 28.9 Å². The topological polar surface area (TPSA) is 21.3 Å². The number of hydrogen-bond donors (Lipinski definition) is 1.